The van der Waals surface area contributed by atoms with E-state index in [1.807, 2.05) is 35.2 Å². The van der Waals surface area contributed by atoms with Crippen LogP contribution in [0.2, 0.25) is 0 Å². The first kappa shape index (κ1) is 23.7. The lowest BCUT2D eigenvalue weighted by molar-refractivity contribution is -0.156. The van der Waals surface area contributed by atoms with E-state index in [9.17, 15) is 18.0 Å². The average molecular weight is 474 g/mol. The van der Waals surface area contributed by atoms with Crippen molar-refractivity contribution in [3.05, 3.63) is 66.1 Å². The molecule has 0 aliphatic carbocycles. The van der Waals surface area contributed by atoms with Crippen LogP contribution in [0.5, 0.6) is 0 Å². The van der Waals surface area contributed by atoms with E-state index >= 15 is 0 Å². The van der Waals surface area contributed by atoms with Gasteiger partial charge in [0.05, 0.1) is 19.3 Å². The van der Waals surface area contributed by atoms with E-state index in [0.29, 0.717) is 25.3 Å². The van der Waals surface area contributed by atoms with Crippen LogP contribution in [0.15, 0.2) is 59.0 Å². The van der Waals surface area contributed by atoms with Crippen molar-refractivity contribution in [2.45, 2.75) is 38.6 Å². The van der Waals surface area contributed by atoms with Gasteiger partial charge in [-0.2, -0.15) is 13.2 Å². The summed E-state index contributed by atoms with van der Waals surface area (Å²) in [4.78, 5) is 17.0. The van der Waals surface area contributed by atoms with E-state index in [-0.39, 0.29) is 24.6 Å². The lowest BCUT2D eigenvalue weighted by atomic mass is 10.1. The summed E-state index contributed by atoms with van der Waals surface area (Å²) in [6.07, 6.45) is -2.80. The molecule has 1 aliphatic heterocycles. The van der Waals surface area contributed by atoms with Crippen molar-refractivity contribution in [3.8, 4) is 11.5 Å². The summed E-state index contributed by atoms with van der Waals surface area (Å²) in [5.74, 6) is -1.61. The third-order valence-electron chi connectivity index (χ3n) is 5.53. The second-order valence-electron chi connectivity index (χ2n) is 8.04. The number of aromatic nitrogens is 2. The number of rotatable bonds is 6. The summed E-state index contributed by atoms with van der Waals surface area (Å²) in [6.45, 7) is 3.92. The first-order valence-electron chi connectivity index (χ1n) is 11.1. The van der Waals surface area contributed by atoms with Gasteiger partial charge in [-0.05, 0) is 36.2 Å². The molecular weight excluding hydrogens is 449 g/mol. The minimum Gasteiger partial charge on any atom is -0.413 e. The predicted molar refractivity (Wildman–Crippen MR) is 119 cm³/mol. The summed E-state index contributed by atoms with van der Waals surface area (Å²) < 4.78 is 48.7. The van der Waals surface area contributed by atoms with Crippen molar-refractivity contribution in [2.75, 3.05) is 24.6 Å². The number of halogens is 3. The van der Waals surface area contributed by atoms with Gasteiger partial charge < -0.3 is 14.1 Å². The van der Waals surface area contributed by atoms with Crippen LogP contribution in [0.4, 0.5) is 23.7 Å². The molecule has 0 bridgehead atoms. The summed E-state index contributed by atoms with van der Waals surface area (Å²) in [7, 11) is 0. The van der Waals surface area contributed by atoms with Crippen molar-refractivity contribution in [3.63, 3.8) is 0 Å². The Bertz CT molecular complexity index is 1080. The van der Waals surface area contributed by atoms with Crippen LogP contribution in [0.1, 0.15) is 31.2 Å². The van der Waals surface area contributed by atoms with E-state index in [4.69, 9.17) is 9.15 Å². The Kier molecular flexibility index (Phi) is 7.16. The van der Waals surface area contributed by atoms with Gasteiger partial charge in [-0.3, -0.25) is 4.90 Å². The minimum atomic E-state index is -4.70. The van der Waals surface area contributed by atoms with E-state index in [1.54, 1.807) is 29.2 Å². The molecule has 0 saturated carbocycles. The van der Waals surface area contributed by atoms with Gasteiger partial charge in [-0.25, -0.2) is 4.79 Å². The van der Waals surface area contributed by atoms with E-state index in [1.165, 1.54) is 0 Å². The van der Waals surface area contributed by atoms with Crippen molar-refractivity contribution in [1.29, 1.82) is 0 Å². The Balaban J connectivity index is 1.53. The highest BCUT2D eigenvalue weighted by atomic mass is 19.4. The molecule has 1 unspecified atom stereocenters. The van der Waals surface area contributed by atoms with E-state index in [0.717, 1.165) is 24.1 Å². The number of alkyl halides is 3. The number of amides is 2. The van der Waals surface area contributed by atoms with Gasteiger partial charge in [-0.1, -0.05) is 43.7 Å². The SMILES string of the molecule is CCCC1CN(C(=O)N(Cc2ccc(-c3nnc(C(F)(F)F)o3)cc2)c2ccccc2)CCO1. The van der Waals surface area contributed by atoms with Gasteiger partial charge in [0.25, 0.3) is 0 Å². The number of ether oxygens (including phenoxy) is 1. The number of nitrogens with zero attached hydrogens (tertiary/aromatic N) is 4. The number of urea groups is 1. The highest BCUT2D eigenvalue weighted by molar-refractivity contribution is 5.92. The zero-order chi connectivity index (χ0) is 24.1. The Labute approximate surface area is 195 Å². The lowest BCUT2D eigenvalue weighted by Crippen LogP contribution is -2.51. The van der Waals surface area contributed by atoms with Crippen molar-refractivity contribution < 1.29 is 27.1 Å². The maximum absolute atomic E-state index is 13.5. The second-order valence-corrected chi connectivity index (χ2v) is 8.04. The number of carbonyl (C=O) groups excluding carboxylic acids is 1. The largest absolute Gasteiger partial charge is 0.470 e. The number of carbonyl (C=O) groups is 1. The molecule has 7 nitrogen and oxygen atoms in total. The summed E-state index contributed by atoms with van der Waals surface area (Å²) in [6, 6.07) is 15.9. The maximum Gasteiger partial charge on any atom is 0.470 e. The lowest BCUT2D eigenvalue weighted by Gasteiger charge is -2.36. The van der Waals surface area contributed by atoms with Crippen LogP contribution in [0.25, 0.3) is 11.5 Å². The highest BCUT2D eigenvalue weighted by Crippen LogP contribution is 2.30. The monoisotopic (exact) mass is 474 g/mol. The molecule has 2 aromatic carbocycles. The standard InChI is InChI=1S/C24H25F3N4O3/c1-2-6-20-16-30(13-14-33-20)23(32)31(19-7-4-3-5-8-19)15-17-9-11-18(12-10-17)21-28-29-22(34-21)24(25,26)27/h3-5,7-12,20H,2,6,13-16H2,1H3. The zero-order valence-corrected chi connectivity index (χ0v) is 18.7. The van der Waals surface area contributed by atoms with Crippen LogP contribution in [0, 0.1) is 0 Å². The van der Waals surface area contributed by atoms with Crippen LogP contribution in [0.3, 0.4) is 0 Å². The van der Waals surface area contributed by atoms with Gasteiger partial charge in [0.2, 0.25) is 5.89 Å². The molecule has 0 spiro atoms. The van der Waals surface area contributed by atoms with Crippen molar-refractivity contribution in [1.82, 2.24) is 15.1 Å². The van der Waals surface area contributed by atoms with Gasteiger partial charge in [-0.15, -0.1) is 10.2 Å². The molecule has 1 aromatic heterocycles. The molecule has 180 valence electrons. The van der Waals surface area contributed by atoms with Crippen LogP contribution < -0.4 is 4.90 Å². The number of para-hydroxylation sites is 1. The fourth-order valence-corrected chi connectivity index (χ4v) is 3.83. The van der Waals surface area contributed by atoms with Gasteiger partial charge in [0.15, 0.2) is 0 Å². The molecule has 4 rings (SSSR count). The minimum absolute atomic E-state index is 0.0237. The Morgan fingerprint density at radius 1 is 1.12 bits per heavy atom. The van der Waals surface area contributed by atoms with Crippen molar-refractivity contribution in [2.24, 2.45) is 0 Å². The summed E-state index contributed by atoms with van der Waals surface area (Å²) in [5.41, 5.74) is 1.91. The first-order valence-corrected chi connectivity index (χ1v) is 11.1. The normalized spacial score (nSPS) is 16.5. The third kappa shape index (κ3) is 5.56. The fourth-order valence-electron chi connectivity index (χ4n) is 3.83. The van der Waals surface area contributed by atoms with E-state index < -0.39 is 12.1 Å². The number of morpholine rings is 1. The zero-order valence-electron chi connectivity index (χ0n) is 18.7. The molecule has 1 aliphatic rings. The van der Waals surface area contributed by atoms with Crippen molar-refractivity contribution >= 4 is 11.7 Å². The van der Waals surface area contributed by atoms with Crippen LogP contribution in [-0.4, -0.2) is 46.9 Å². The molecule has 2 amide bonds. The first-order chi connectivity index (χ1) is 16.3. The Hall–Kier alpha value is -3.40. The van der Waals surface area contributed by atoms with Gasteiger partial charge in [0, 0.05) is 24.3 Å². The number of anilines is 1. The van der Waals surface area contributed by atoms with Crippen LogP contribution >= 0.6 is 0 Å². The fraction of sp³-hybridized carbons (Fsp3) is 0.375. The molecule has 1 fully saturated rings. The van der Waals surface area contributed by atoms with Gasteiger partial charge >= 0.3 is 18.1 Å². The number of hydrogen-bond donors (Lipinski definition) is 0. The molecular formula is C24H25F3N4O3. The molecule has 1 atom stereocenters. The molecule has 34 heavy (non-hydrogen) atoms. The molecule has 2 heterocycles. The second kappa shape index (κ2) is 10.3. The van der Waals surface area contributed by atoms with E-state index in [2.05, 4.69) is 17.1 Å². The molecule has 0 radical (unpaired) electrons. The summed E-state index contributed by atoms with van der Waals surface area (Å²) in [5, 5.41) is 6.54. The number of benzene rings is 2. The topological polar surface area (TPSA) is 71.7 Å². The Morgan fingerprint density at radius 3 is 2.50 bits per heavy atom. The summed E-state index contributed by atoms with van der Waals surface area (Å²) >= 11 is 0. The smallest absolute Gasteiger partial charge is 0.413 e. The molecule has 10 heteroatoms. The average Bonchev–Trinajstić information content (AvgIpc) is 3.35. The highest BCUT2D eigenvalue weighted by Gasteiger charge is 2.38. The predicted octanol–water partition coefficient (Wildman–Crippen LogP) is 5.38. The maximum atomic E-state index is 13.5. The van der Waals surface area contributed by atoms with Gasteiger partial charge in [0.1, 0.15) is 0 Å². The molecule has 1 saturated heterocycles. The quantitative estimate of drug-likeness (QED) is 0.480. The third-order valence-corrected chi connectivity index (χ3v) is 5.53. The molecule has 3 aromatic rings. The molecule has 0 N–H and O–H groups in total. The Morgan fingerprint density at radius 2 is 1.85 bits per heavy atom. The number of hydrogen-bond acceptors (Lipinski definition) is 5. The van der Waals surface area contributed by atoms with Crippen LogP contribution in [-0.2, 0) is 17.5 Å².